The summed E-state index contributed by atoms with van der Waals surface area (Å²) in [6.07, 6.45) is 2.22. The molecule has 0 saturated heterocycles. The lowest BCUT2D eigenvalue weighted by molar-refractivity contribution is -0.153. The van der Waals surface area contributed by atoms with Crippen molar-refractivity contribution >= 4 is 40.9 Å². The van der Waals surface area contributed by atoms with Crippen LogP contribution in [-0.4, -0.2) is 23.5 Å². The summed E-state index contributed by atoms with van der Waals surface area (Å²) in [5, 5.41) is 3.37. The fourth-order valence-electron chi connectivity index (χ4n) is 1.11. The van der Waals surface area contributed by atoms with Gasteiger partial charge in [-0.2, -0.15) is 0 Å². The van der Waals surface area contributed by atoms with E-state index >= 15 is 0 Å². The zero-order valence-electron chi connectivity index (χ0n) is 10.6. The maximum atomic E-state index is 11.5. The topological polar surface area (TPSA) is 114 Å². The summed E-state index contributed by atoms with van der Waals surface area (Å²) in [6.45, 7) is 0.560. The van der Waals surface area contributed by atoms with Crippen LogP contribution in [-0.2, 0) is 19.1 Å². The normalized spacial score (nSPS) is 10.5. The number of halogens is 2. The number of pyridine rings is 1. The van der Waals surface area contributed by atoms with Crippen LogP contribution in [0.3, 0.4) is 0 Å². The summed E-state index contributed by atoms with van der Waals surface area (Å²) < 4.78 is 9.40. The van der Waals surface area contributed by atoms with Crippen LogP contribution >= 0.6 is 23.2 Å². The highest BCUT2D eigenvalue weighted by molar-refractivity contribution is 6.41. The highest BCUT2D eigenvalue weighted by atomic mass is 35.5. The second kappa shape index (κ2) is 8.11. The summed E-state index contributed by atoms with van der Waals surface area (Å²) in [4.78, 5) is 28.4. The van der Waals surface area contributed by atoms with Crippen molar-refractivity contribution in [1.29, 1.82) is 0 Å². The zero-order chi connectivity index (χ0) is 15.8. The first-order valence-corrected chi connectivity index (χ1v) is 6.09. The van der Waals surface area contributed by atoms with Crippen molar-refractivity contribution in [2.24, 2.45) is 5.11 Å². The van der Waals surface area contributed by atoms with Crippen LogP contribution in [0.4, 0.5) is 0 Å². The van der Waals surface area contributed by atoms with Crippen LogP contribution in [0.2, 0.25) is 10.2 Å². The van der Waals surface area contributed by atoms with Gasteiger partial charge in [-0.05, 0) is 11.6 Å². The number of hydrogen-bond acceptors (Lipinski definition) is 6. The number of rotatable bonds is 5. The van der Waals surface area contributed by atoms with E-state index in [-0.39, 0.29) is 21.5 Å². The van der Waals surface area contributed by atoms with Crippen LogP contribution < -0.4 is 0 Å². The van der Waals surface area contributed by atoms with E-state index in [9.17, 15) is 9.59 Å². The first-order chi connectivity index (χ1) is 9.93. The molecule has 1 rings (SSSR count). The third kappa shape index (κ3) is 5.70. The highest BCUT2D eigenvalue weighted by Gasteiger charge is 2.13. The second-order valence-electron chi connectivity index (χ2n) is 3.45. The van der Waals surface area contributed by atoms with E-state index in [0.29, 0.717) is 0 Å². The molecule has 0 aliphatic rings. The first-order valence-electron chi connectivity index (χ1n) is 5.34. The summed E-state index contributed by atoms with van der Waals surface area (Å²) in [5.41, 5.74) is 8.57. The molecule has 110 valence electrons. The van der Waals surface area contributed by atoms with Crippen molar-refractivity contribution in [1.82, 2.24) is 4.98 Å². The second-order valence-corrected chi connectivity index (χ2v) is 4.21. The van der Waals surface area contributed by atoms with Gasteiger partial charge in [0.15, 0.2) is 6.61 Å². The van der Waals surface area contributed by atoms with Crippen molar-refractivity contribution in [3.05, 3.63) is 44.6 Å². The van der Waals surface area contributed by atoms with Crippen molar-refractivity contribution in [2.75, 3.05) is 6.61 Å². The molecule has 0 N–H and O–H groups in total. The Morgan fingerprint density at radius 1 is 1.52 bits per heavy atom. The Bertz CT molecular complexity index is 641. The van der Waals surface area contributed by atoms with E-state index in [1.165, 1.54) is 12.3 Å². The highest BCUT2D eigenvalue weighted by Crippen LogP contribution is 2.24. The Morgan fingerprint density at radius 2 is 2.24 bits per heavy atom. The van der Waals surface area contributed by atoms with Gasteiger partial charge < -0.3 is 9.47 Å². The van der Waals surface area contributed by atoms with E-state index in [1.54, 1.807) is 0 Å². The molecule has 0 unspecified atom stereocenters. The minimum Gasteiger partial charge on any atom is -0.454 e. The van der Waals surface area contributed by atoms with Crippen LogP contribution in [0.1, 0.15) is 12.5 Å². The SMILES string of the molecule is CC(=O)OCC(=O)O/C(=C\N=[N+]=[N-])c1cnc(Cl)c(Cl)c1. The molecule has 21 heavy (non-hydrogen) atoms. The van der Waals surface area contributed by atoms with Gasteiger partial charge in [-0.1, -0.05) is 28.3 Å². The third-order valence-electron chi connectivity index (χ3n) is 1.92. The predicted octanol–water partition coefficient (Wildman–Crippen LogP) is 3.10. The molecule has 0 aliphatic carbocycles. The Kier molecular flexibility index (Phi) is 6.48. The van der Waals surface area contributed by atoms with E-state index < -0.39 is 18.5 Å². The lowest BCUT2D eigenvalue weighted by atomic mass is 10.2. The quantitative estimate of drug-likeness (QED) is 0.205. The Hall–Kier alpha value is -2.28. The Labute approximate surface area is 128 Å². The Morgan fingerprint density at radius 3 is 2.81 bits per heavy atom. The predicted molar refractivity (Wildman–Crippen MR) is 74.1 cm³/mol. The summed E-state index contributed by atoms with van der Waals surface area (Å²) >= 11 is 11.5. The molecule has 0 fully saturated rings. The smallest absolute Gasteiger partial charge is 0.349 e. The number of azide groups is 1. The zero-order valence-corrected chi connectivity index (χ0v) is 12.1. The van der Waals surface area contributed by atoms with Crippen LogP contribution in [0.25, 0.3) is 16.2 Å². The molecule has 0 aromatic carbocycles. The van der Waals surface area contributed by atoms with Crippen molar-refractivity contribution < 1.29 is 19.1 Å². The summed E-state index contributed by atoms with van der Waals surface area (Å²) in [7, 11) is 0. The monoisotopic (exact) mass is 330 g/mol. The van der Waals surface area contributed by atoms with Crippen molar-refractivity contribution in [3.63, 3.8) is 0 Å². The molecule has 0 atom stereocenters. The van der Waals surface area contributed by atoms with Gasteiger partial charge in [-0.3, -0.25) is 4.79 Å². The minimum absolute atomic E-state index is 0.0646. The van der Waals surface area contributed by atoms with Gasteiger partial charge in [0.25, 0.3) is 0 Å². The molecular weight excluding hydrogens is 323 g/mol. The van der Waals surface area contributed by atoms with E-state index in [2.05, 4.69) is 19.7 Å². The van der Waals surface area contributed by atoms with Gasteiger partial charge in [0, 0.05) is 29.8 Å². The number of carbonyl (C=O) groups excluding carboxylic acids is 2. The van der Waals surface area contributed by atoms with Gasteiger partial charge >= 0.3 is 11.9 Å². The molecule has 8 nitrogen and oxygen atoms in total. The Balaban J connectivity index is 2.96. The van der Waals surface area contributed by atoms with Gasteiger partial charge in [0.2, 0.25) is 0 Å². The van der Waals surface area contributed by atoms with Crippen molar-refractivity contribution in [3.8, 4) is 0 Å². The maximum Gasteiger partial charge on any atom is 0.349 e. The molecule has 10 heteroatoms. The van der Waals surface area contributed by atoms with E-state index in [1.807, 2.05) is 0 Å². The molecule has 0 bridgehead atoms. The molecule has 1 heterocycles. The first kappa shape index (κ1) is 16.8. The molecule has 0 radical (unpaired) electrons. The summed E-state index contributed by atoms with van der Waals surface area (Å²) in [6, 6.07) is 1.37. The van der Waals surface area contributed by atoms with Gasteiger partial charge in [0.1, 0.15) is 10.9 Å². The number of aromatic nitrogens is 1. The average molecular weight is 331 g/mol. The van der Waals surface area contributed by atoms with E-state index in [0.717, 1.165) is 13.1 Å². The fourth-order valence-corrected chi connectivity index (χ4v) is 1.38. The minimum atomic E-state index is -0.865. The lowest BCUT2D eigenvalue weighted by Gasteiger charge is -2.08. The largest absolute Gasteiger partial charge is 0.454 e. The maximum absolute atomic E-state index is 11.5. The molecule has 0 aliphatic heterocycles. The standard InChI is InChI=1S/C11H8Cl2N4O4/c1-6(18)20-5-10(19)21-9(4-16-17-14)7-2-8(12)11(13)15-3-7/h2-4H,5H2,1H3/b9-4-. The lowest BCUT2D eigenvalue weighted by Crippen LogP contribution is -2.14. The number of ether oxygens (including phenoxy) is 2. The van der Waals surface area contributed by atoms with Crippen LogP contribution in [0.15, 0.2) is 23.6 Å². The number of hydrogen-bond donors (Lipinski definition) is 0. The number of carbonyl (C=O) groups is 2. The number of nitrogens with zero attached hydrogens (tertiary/aromatic N) is 4. The summed E-state index contributed by atoms with van der Waals surface area (Å²) in [5.74, 6) is -1.62. The van der Waals surface area contributed by atoms with E-state index in [4.69, 9.17) is 33.5 Å². The number of esters is 2. The van der Waals surface area contributed by atoms with Crippen molar-refractivity contribution in [2.45, 2.75) is 6.92 Å². The molecule has 0 amide bonds. The molecule has 0 spiro atoms. The van der Waals surface area contributed by atoms with Gasteiger partial charge in [0.05, 0.1) is 5.02 Å². The van der Waals surface area contributed by atoms with Crippen LogP contribution in [0.5, 0.6) is 0 Å². The van der Waals surface area contributed by atoms with Gasteiger partial charge in [-0.15, -0.1) is 0 Å². The van der Waals surface area contributed by atoms with Crippen LogP contribution in [0, 0.1) is 0 Å². The average Bonchev–Trinajstić information content (AvgIpc) is 2.44. The van der Waals surface area contributed by atoms with Gasteiger partial charge in [-0.25, -0.2) is 9.78 Å². The molecular formula is C11H8Cl2N4O4. The third-order valence-corrected chi connectivity index (χ3v) is 2.61. The fraction of sp³-hybridized carbons (Fsp3) is 0.182. The molecule has 1 aromatic rings. The molecule has 0 saturated carbocycles. The molecule has 1 aromatic heterocycles.